The fourth-order valence-electron chi connectivity index (χ4n) is 2.77. The Morgan fingerprint density at radius 3 is 2.52 bits per heavy atom. The number of amides is 2. The maximum atomic E-state index is 12.3. The van der Waals surface area contributed by atoms with E-state index < -0.39 is 0 Å². The summed E-state index contributed by atoms with van der Waals surface area (Å²) in [5.74, 6) is 0. The van der Waals surface area contributed by atoms with Crippen LogP contribution in [0, 0.1) is 0 Å². The molecule has 1 heterocycles. The third-order valence-electron chi connectivity index (χ3n) is 4.02. The molecule has 1 aliphatic rings. The number of likely N-dealkylation sites (tertiary alicyclic amines) is 1. The van der Waals surface area contributed by atoms with E-state index in [4.69, 9.17) is 4.74 Å². The zero-order chi connectivity index (χ0) is 15.9. The Morgan fingerprint density at radius 1 is 1.09 bits per heavy atom. The van der Waals surface area contributed by atoms with Crippen LogP contribution in [0.5, 0.6) is 0 Å². The van der Waals surface area contributed by atoms with Gasteiger partial charge >= 0.3 is 6.03 Å². The third kappa shape index (κ3) is 4.57. The van der Waals surface area contributed by atoms with E-state index in [2.05, 4.69) is 17.4 Å². The number of benzene rings is 2. The number of hydrogen-bond donors (Lipinski definition) is 1. The van der Waals surface area contributed by atoms with Crippen molar-refractivity contribution < 1.29 is 9.53 Å². The normalized spacial score (nSPS) is 17.7. The predicted octanol–water partition coefficient (Wildman–Crippen LogP) is 3.90. The van der Waals surface area contributed by atoms with Gasteiger partial charge in [-0.05, 0) is 30.5 Å². The molecule has 1 N–H and O–H groups in total. The monoisotopic (exact) mass is 310 g/mol. The van der Waals surface area contributed by atoms with E-state index >= 15 is 0 Å². The van der Waals surface area contributed by atoms with Gasteiger partial charge < -0.3 is 15.0 Å². The maximum Gasteiger partial charge on any atom is 0.321 e. The lowest BCUT2D eigenvalue weighted by molar-refractivity contribution is 0.00102. The van der Waals surface area contributed by atoms with Crippen LogP contribution < -0.4 is 5.32 Å². The molecular weight excluding hydrogens is 288 g/mol. The van der Waals surface area contributed by atoms with Gasteiger partial charge in [0.2, 0.25) is 0 Å². The van der Waals surface area contributed by atoms with Crippen molar-refractivity contribution in [3.05, 3.63) is 66.2 Å². The van der Waals surface area contributed by atoms with Crippen molar-refractivity contribution >= 4 is 11.7 Å². The highest BCUT2D eigenvalue weighted by atomic mass is 16.5. The molecule has 0 radical (unpaired) electrons. The molecule has 2 aromatic carbocycles. The summed E-state index contributed by atoms with van der Waals surface area (Å²) in [4.78, 5) is 14.2. The van der Waals surface area contributed by atoms with Crippen LogP contribution in [0.15, 0.2) is 60.7 Å². The van der Waals surface area contributed by atoms with Crippen molar-refractivity contribution in [3.8, 4) is 0 Å². The highest BCUT2D eigenvalue weighted by molar-refractivity contribution is 5.89. The molecule has 0 spiro atoms. The summed E-state index contributed by atoms with van der Waals surface area (Å²) in [5, 5.41) is 2.94. The second kappa shape index (κ2) is 7.79. The average molecular weight is 310 g/mol. The number of nitrogens with one attached hydrogen (secondary N) is 1. The number of carbonyl (C=O) groups excluding carboxylic acids is 1. The summed E-state index contributed by atoms with van der Waals surface area (Å²) in [5.41, 5.74) is 1.99. The first-order valence-corrected chi connectivity index (χ1v) is 8.08. The summed E-state index contributed by atoms with van der Waals surface area (Å²) >= 11 is 0. The number of carbonyl (C=O) groups is 1. The summed E-state index contributed by atoms with van der Waals surface area (Å²) in [7, 11) is 0. The molecule has 3 rings (SSSR count). The van der Waals surface area contributed by atoms with Crippen LogP contribution >= 0.6 is 0 Å². The topological polar surface area (TPSA) is 41.6 Å². The molecular formula is C19H22N2O2. The molecule has 2 aromatic rings. The molecule has 0 unspecified atom stereocenters. The molecule has 0 bridgehead atoms. The SMILES string of the molecule is O=C(Nc1ccccc1)N1CCC[C@@H](OCc2ccccc2)C1. The zero-order valence-electron chi connectivity index (χ0n) is 13.2. The summed E-state index contributed by atoms with van der Waals surface area (Å²) in [6, 6.07) is 19.6. The number of para-hydroxylation sites is 1. The van der Waals surface area contributed by atoms with Crippen LogP contribution in [-0.2, 0) is 11.3 Å². The predicted molar refractivity (Wildman–Crippen MR) is 91.3 cm³/mol. The van der Waals surface area contributed by atoms with E-state index in [1.807, 2.05) is 53.4 Å². The standard InChI is InChI=1S/C19H22N2O2/c22-19(20-17-10-5-2-6-11-17)21-13-7-12-18(14-21)23-15-16-8-3-1-4-9-16/h1-6,8-11,18H,7,12-15H2,(H,20,22)/t18-/m1/s1. The molecule has 1 saturated heterocycles. The second-order valence-corrected chi connectivity index (χ2v) is 5.80. The largest absolute Gasteiger partial charge is 0.372 e. The van der Waals surface area contributed by atoms with Gasteiger partial charge in [0.05, 0.1) is 12.7 Å². The molecule has 23 heavy (non-hydrogen) atoms. The first-order valence-electron chi connectivity index (χ1n) is 8.08. The van der Waals surface area contributed by atoms with Gasteiger partial charge in [-0.2, -0.15) is 0 Å². The molecule has 4 nitrogen and oxygen atoms in total. The lowest BCUT2D eigenvalue weighted by Gasteiger charge is -2.32. The Balaban J connectivity index is 1.50. The fourth-order valence-corrected chi connectivity index (χ4v) is 2.77. The molecule has 1 aliphatic heterocycles. The van der Waals surface area contributed by atoms with Gasteiger partial charge in [-0.25, -0.2) is 4.79 Å². The quantitative estimate of drug-likeness (QED) is 0.930. The Hall–Kier alpha value is -2.33. The van der Waals surface area contributed by atoms with Crippen molar-refractivity contribution in [1.82, 2.24) is 4.90 Å². The molecule has 2 amide bonds. The van der Waals surface area contributed by atoms with Crippen LogP contribution in [0.1, 0.15) is 18.4 Å². The van der Waals surface area contributed by atoms with E-state index in [0.29, 0.717) is 13.2 Å². The lowest BCUT2D eigenvalue weighted by Crippen LogP contribution is -2.45. The van der Waals surface area contributed by atoms with Crippen molar-refractivity contribution in [3.63, 3.8) is 0 Å². The lowest BCUT2D eigenvalue weighted by atomic mass is 10.1. The van der Waals surface area contributed by atoms with Gasteiger partial charge in [-0.3, -0.25) is 0 Å². The second-order valence-electron chi connectivity index (χ2n) is 5.80. The third-order valence-corrected chi connectivity index (χ3v) is 4.02. The number of urea groups is 1. The van der Waals surface area contributed by atoms with Crippen LogP contribution in [0.25, 0.3) is 0 Å². The number of hydrogen-bond acceptors (Lipinski definition) is 2. The Kier molecular flexibility index (Phi) is 5.27. The van der Waals surface area contributed by atoms with E-state index in [0.717, 1.165) is 25.1 Å². The number of ether oxygens (including phenoxy) is 1. The van der Waals surface area contributed by atoms with Gasteiger partial charge in [0, 0.05) is 18.8 Å². The number of rotatable bonds is 4. The van der Waals surface area contributed by atoms with Crippen molar-refractivity contribution in [1.29, 1.82) is 0 Å². The van der Waals surface area contributed by atoms with Crippen molar-refractivity contribution in [2.24, 2.45) is 0 Å². The highest BCUT2D eigenvalue weighted by Crippen LogP contribution is 2.16. The zero-order valence-corrected chi connectivity index (χ0v) is 13.2. The Bertz CT molecular complexity index is 616. The number of anilines is 1. The minimum atomic E-state index is -0.0517. The van der Waals surface area contributed by atoms with Crippen LogP contribution in [0.2, 0.25) is 0 Å². The van der Waals surface area contributed by atoms with E-state index in [-0.39, 0.29) is 12.1 Å². The van der Waals surface area contributed by atoms with Crippen molar-refractivity contribution in [2.75, 3.05) is 18.4 Å². The summed E-state index contributed by atoms with van der Waals surface area (Å²) < 4.78 is 5.98. The summed E-state index contributed by atoms with van der Waals surface area (Å²) in [6.45, 7) is 2.02. The minimum Gasteiger partial charge on any atom is -0.372 e. The highest BCUT2D eigenvalue weighted by Gasteiger charge is 2.24. The maximum absolute atomic E-state index is 12.3. The first kappa shape index (κ1) is 15.6. The molecule has 1 atom stereocenters. The van der Waals surface area contributed by atoms with Gasteiger partial charge in [-0.1, -0.05) is 48.5 Å². The van der Waals surface area contributed by atoms with Crippen molar-refractivity contribution in [2.45, 2.75) is 25.6 Å². The van der Waals surface area contributed by atoms with E-state index in [9.17, 15) is 4.79 Å². The minimum absolute atomic E-state index is 0.0517. The van der Waals surface area contributed by atoms with Crippen LogP contribution in [-0.4, -0.2) is 30.1 Å². The molecule has 0 saturated carbocycles. The molecule has 0 aliphatic carbocycles. The van der Waals surface area contributed by atoms with Crippen LogP contribution in [0.4, 0.5) is 10.5 Å². The fraction of sp³-hybridized carbons (Fsp3) is 0.316. The van der Waals surface area contributed by atoms with Crippen LogP contribution in [0.3, 0.4) is 0 Å². The number of nitrogens with zero attached hydrogens (tertiary/aromatic N) is 1. The Labute approximate surface area is 137 Å². The number of piperidine rings is 1. The molecule has 1 fully saturated rings. The molecule has 4 heteroatoms. The Morgan fingerprint density at radius 2 is 1.78 bits per heavy atom. The van der Waals surface area contributed by atoms with E-state index in [1.54, 1.807) is 0 Å². The molecule has 0 aromatic heterocycles. The first-order chi connectivity index (χ1) is 11.3. The van der Waals surface area contributed by atoms with E-state index in [1.165, 1.54) is 5.56 Å². The smallest absolute Gasteiger partial charge is 0.321 e. The average Bonchev–Trinajstić information content (AvgIpc) is 2.62. The van der Waals surface area contributed by atoms with Gasteiger partial charge in [0.15, 0.2) is 0 Å². The summed E-state index contributed by atoms with van der Waals surface area (Å²) in [6.07, 6.45) is 2.08. The van der Waals surface area contributed by atoms with Gasteiger partial charge in [0.1, 0.15) is 0 Å². The van der Waals surface area contributed by atoms with Gasteiger partial charge in [-0.15, -0.1) is 0 Å². The molecule has 120 valence electrons. The van der Waals surface area contributed by atoms with Gasteiger partial charge in [0.25, 0.3) is 0 Å².